The number of carbonyl (C=O) groups is 1. The SMILES string of the molecule is C/C=C/C(C)=C(/C#N)C(=O)C(C)C. The topological polar surface area (TPSA) is 40.9 Å². The summed E-state index contributed by atoms with van der Waals surface area (Å²) in [5.74, 6) is -0.201. The predicted molar refractivity (Wildman–Crippen MR) is 53.0 cm³/mol. The summed E-state index contributed by atoms with van der Waals surface area (Å²) in [6.45, 7) is 7.22. The molecule has 0 heterocycles. The average Bonchev–Trinajstić information content (AvgIpc) is 2.05. The molecule has 0 atom stereocenters. The molecule has 0 radical (unpaired) electrons. The van der Waals surface area contributed by atoms with Crippen molar-refractivity contribution in [2.75, 3.05) is 0 Å². The van der Waals surface area contributed by atoms with Gasteiger partial charge in [-0.2, -0.15) is 5.26 Å². The number of nitrogens with zero attached hydrogens (tertiary/aromatic N) is 1. The van der Waals surface area contributed by atoms with Gasteiger partial charge in [-0.1, -0.05) is 26.0 Å². The zero-order chi connectivity index (χ0) is 10.4. The van der Waals surface area contributed by atoms with Crippen molar-refractivity contribution in [2.24, 2.45) is 5.92 Å². The molecule has 0 N–H and O–H groups in total. The summed E-state index contributed by atoms with van der Waals surface area (Å²) >= 11 is 0. The van der Waals surface area contributed by atoms with Gasteiger partial charge in [0.1, 0.15) is 6.07 Å². The maximum absolute atomic E-state index is 11.5. The molecule has 0 saturated heterocycles. The molecule has 2 nitrogen and oxygen atoms in total. The first-order valence-corrected chi connectivity index (χ1v) is 4.32. The molecule has 0 aromatic heterocycles. The van der Waals surface area contributed by atoms with Crippen LogP contribution in [0.5, 0.6) is 0 Å². The average molecular weight is 177 g/mol. The van der Waals surface area contributed by atoms with Crippen molar-refractivity contribution in [1.29, 1.82) is 5.26 Å². The highest BCUT2D eigenvalue weighted by atomic mass is 16.1. The van der Waals surface area contributed by atoms with E-state index in [4.69, 9.17) is 5.26 Å². The molecule has 0 unspecified atom stereocenters. The minimum Gasteiger partial charge on any atom is -0.293 e. The number of nitriles is 1. The Morgan fingerprint density at radius 3 is 2.31 bits per heavy atom. The summed E-state index contributed by atoms with van der Waals surface area (Å²) in [6.07, 6.45) is 3.60. The molecule has 0 amide bonds. The van der Waals surface area contributed by atoms with Gasteiger partial charge in [-0.25, -0.2) is 0 Å². The molecule has 70 valence electrons. The van der Waals surface area contributed by atoms with Crippen LogP contribution in [0.3, 0.4) is 0 Å². The Labute approximate surface area is 79.6 Å². The molecule has 0 fully saturated rings. The third-order valence-corrected chi connectivity index (χ3v) is 1.69. The smallest absolute Gasteiger partial charge is 0.176 e. The van der Waals surface area contributed by atoms with Crippen molar-refractivity contribution in [2.45, 2.75) is 27.7 Å². The first-order valence-electron chi connectivity index (χ1n) is 4.32. The summed E-state index contributed by atoms with van der Waals surface area (Å²) < 4.78 is 0. The third kappa shape index (κ3) is 3.25. The van der Waals surface area contributed by atoms with Gasteiger partial charge in [0.25, 0.3) is 0 Å². The van der Waals surface area contributed by atoms with E-state index in [1.807, 2.05) is 19.1 Å². The molecule has 0 aliphatic rings. The van der Waals surface area contributed by atoms with E-state index in [9.17, 15) is 4.79 Å². The number of hydrogen-bond donors (Lipinski definition) is 0. The molecule has 13 heavy (non-hydrogen) atoms. The maximum Gasteiger partial charge on any atom is 0.176 e. The van der Waals surface area contributed by atoms with E-state index in [1.165, 1.54) is 0 Å². The lowest BCUT2D eigenvalue weighted by Gasteiger charge is -2.03. The summed E-state index contributed by atoms with van der Waals surface area (Å²) in [5, 5.41) is 8.78. The number of allylic oxidation sites excluding steroid dienone is 4. The molecule has 2 heteroatoms. The second-order valence-corrected chi connectivity index (χ2v) is 3.19. The largest absolute Gasteiger partial charge is 0.293 e. The fraction of sp³-hybridized carbons (Fsp3) is 0.455. The first-order chi connectivity index (χ1) is 6.04. The van der Waals surface area contributed by atoms with Crippen molar-refractivity contribution < 1.29 is 4.79 Å². The lowest BCUT2D eigenvalue weighted by molar-refractivity contribution is -0.117. The van der Waals surface area contributed by atoms with Crippen LogP contribution in [0, 0.1) is 17.2 Å². The van der Waals surface area contributed by atoms with Gasteiger partial charge in [0.15, 0.2) is 5.78 Å². The van der Waals surface area contributed by atoms with Gasteiger partial charge >= 0.3 is 0 Å². The Hall–Kier alpha value is -1.36. The van der Waals surface area contributed by atoms with Crippen molar-refractivity contribution >= 4 is 5.78 Å². The van der Waals surface area contributed by atoms with Gasteiger partial charge in [0.05, 0.1) is 5.57 Å². The number of ketones is 1. The molecule has 0 saturated carbocycles. The minimum absolute atomic E-state index is 0.0851. The van der Waals surface area contributed by atoms with Gasteiger partial charge < -0.3 is 0 Å². The van der Waals surface area contributed by atoms with Gasteiger partial charge in [0, 0.05) is 5.92 Å². The molecule has 0 bridgehead atoms. The van der Waals surface area contributed by atoms with Crippen LogP contribution in [-0.4, -0.2) is 5.78 Å². The van der Waals surface area contributed by atoms with Gasteiger partial charge in [0.2, 0.25) is 0 Å². The van der Waals surface area contributed by atoms with Gasteiger partial charge in [-0.05, 0) is 19.4 Å². The Kier molecular flexibility index (Phi) is 4.76. The zero-order valence-corrected chi connectivity index (χ0v) is 8.59. The quantitative estimate of drug-likeness (QED) is 0.377. The van der Waals surface area contributed by atoms with Crippen LogP contribution >= 0.6 is 0 Å². The number of Topliss-reactive ketones (excluding diaryl/α,β-unsaturated/α-hetero) is 1. The van der Waals surface area contributed by atoms with Crippen LogP contribution in [-0.2, 0) is 4.79 Å². The van der Waals surface area contributed by atoms with E-state index >= 15 is 0 Å². The fourth-order valence-corrected chi connectivity index (χ4v) is 0.960. The highest BCUT2D eigenvalue weighted by Gasteiger charge is 2.14. The second-order valence-electron chi connectivity index (χ2n) is 3.19. The van der Waals surface area contributed by atoms with Crippen molar-refractivity contribution in [3.63, 3.8) is 0 Å². The Morgan fingerprint density at radius 2 is 2.00 bits per heavy atom. The van der Waals surface area contributed by atoms with E-state index < -0.39 is 0 Å². The number of rotatable bonds is 3. The maximum atomic E-state index is 11.5. The second kappa shape index (κ2) is 5.31. The Bertz CT molecular complexity index is 290. The molecular formula is C11H15NO. The molecule has 0 aliphatic carbocycles. The van der Waals surface area contributed by atoms with E-state index in [-0.39, 0.29) is 17.3 Å². The van der Waals surface area contributed by atoms with Crippen LogP contribution in [0.2, 0.25) is 0 Å². The molecule has 0 rings (SSSR count). The van der Waals surface area contributed by atoms with Crippen molar-refractivity contribution in [3.8, 4) is 6.07 Å². The normalized spacial score (nSPS) is 12.9. The summed E-state index contributed by atoms with van der Waals surface area (Å²) in [4.78, 5) is 11.5. The van der Waals surface area contributed by atoms with Gasteiger partial charge in [-0.3, -0.25) is 4.79 Å². The predicted octanol–water partition coefficient (Wildman–Crippen LogP) is 2.63. The zero-order valence-electron chi connectivity index (χ0n) is 8.59. The fourth-order valence-electron chi connectivity index (χ4n) is 0.960. The van der Waals surface area contributed by atoms with Crippen LogP contribution in [0.15, 0.2) is 23.3 Å². The highest BCUT2D eigenvalue weighted by Crippen LogP contribution is 2.11. The van der Waals surface area contributed by atoms with Crippen LogP contribution in [0.4, 0.5) is 0 Å². The summed E-state index contributed by atoms with van der Waals surface area (Å²) in [5.41, 5.74) is 1.01. The molecular weight excluding hydrogens is 162 g/mol. The Balaban J connectivity index is 5.03. The van der Waals surface area contributed by atoms with Crippen molar-refractivity contribution in [1.82, 2.24) is 0 Å². The van der Waals surface area contributed by atoms with Crippen LogP contribution in [0.1, 0.15) is 27.7 Å². The van der Waals surface area contributed by atoms with Crippen LogP contribution < -0.4 is 0 Å². The summed E-state index contributed by atoms with van der Waals surface area (Å²) in [7, 11) is 0. The van der Waals surface area contributed by atoms with E-state index in [0.29, 0.717) is 0 Å². The van der Waals surface area contributed by atoms with Crippen molar-refractivity contribution in [3.05, 3.63) is 23.3 Å². The Morgan fingerprint density at radius 1 is 1.46 bits per heavy atom. The van der Waals surface area contributed by atoms with E-state index in [1.54, 1.807) is 26.8 Å². The molecule has 0 spiro atoms. The standard InChI is InChI=1S/C11H15NO/c1-5-6-9(4)10(7-12)11(13)8(2)3/h5-6,8H,1-4H3/b6-5+,10-9-. The number of carbonyl (C=O) groups excluding carboxylic acids is 1. The highest BCUT2D eigenvalue weighted by molar-refractivity contribution is 6.01. The lowest BCUT2D eigenvalue weighted by atomic mass is 9.98. The van der Waals surface area contributed by atoms with Gasteiger partial charge in [-0.15, -0.1) is 0 Å². The monoisotopic (exact) mass is 177 g/mol. The first kappa shape index (κ1) is 11.6. The van der Waals surface area contributed by atoms with E-state index in [2.05, 4.69) is 0 Å². The lowest BCUT2D eigenvalue weighted by Crippen LogP contribution is -2.10. The van der Waals surface area contributed by atoms with E-state index in [0.717, 1.165) is 5.57 Å². The number of hydrogen-bond acceptors (Lipinski definition) is 2. The third-order valence-electron chi connectivity index (χ3n) is 1.69. The van der Waals surface area contributed by atoms with Crippen LogP contribution in [0.25, 0.3) is 0 Å². The summed E-state index contributed by atoms with van der Waals surface area (Å²) in [6, 6.07) is 1.95. The molecule has 0 aliphatic heterocycles. The minimum atomic E-state index is -0.116. The molecule has 0 aromatic rings. The molecule has 0 aromatic carbocycles.